The largest absolute Gasteiger partial charge is 0.339 e. The molecule has 0 radical (unpaired) electrons. The molecule has 3 aromatic heterocycles. The number of aromatic amines is 2. The molecule has 4 heterocycles. The fourth-order valence-corrected chi connectivity index (χ4v) is 6.35. The van der Waals surface area contributed by atoms with Gasteiger partial charge in [-0.15, -0.1) is 0 Å². The van der Waals surface area contributed by atoms with E-state index in [-0.39, 0.29) is 10.8 Å². The van der Waals surface area contributed by atoms with Crippen LogP contribution >= 0.6 is 0 Å². The number of H-pyrrole nitrogens is 2. The minimum absolute atomic E-state index is 0.133. The van der Waals surface area contributed by atoms with Crippen molar-refractivity contribution in [2.45, 2.75) is 24.6 Å². The lowest BCUT2D eigenvalue weighted by Crippen LogP contribution is -2.38. The molecule has 2 N–H and O–H groups in total. The van der Waals surface area contributed by atoms with Crippen LogP contribution in [0.15, 0.2) is 77.7 Å². The van der Waals surface area contributed by atoms with Gasteiger partial charge in [-0.3, -0.25) is 9.69 Å². The van der Waals surface area contributed by atoms with Crippen LogP contribution in [0.1, 0.15) is 18.4 Å². The molecule has 1 aliphatic rings. The van der Waals surface area contributed by atoms with E-state index >= 15 is 0 Å². The molecule has 5 aromatic rings. The van der Waals surface area contributed by atoms with E-state index in [9.17, 15) is 13.2 Å². The van der Waals surface area contributed by atoms with Crippen molar-refractivity contribution in [2.24, 2.45) is 0 Å². The van der Waals surface area contributed by atoms with Crippen LogP contribution in [-0.2, 0) is 16.4 Å². The van der Waals surface area contributed by atoms with E-state index in [2.05, 4.69) is 50.2 Å². The monoisotopic (exact) mass is 512 g/mol. The number of likely N-dealkylation sites (tertiary alicyclic amines) is 1. The van der Waals surface area contributed by atoms with Gasteiger partial charge in [-0.1, -0.05) is 54.6 Å². The van der Waals surface area contributed by atoms with Crippen molar-refractivity contribution in [1.29, 1.82) is 0 Å². The van der Waals surface area contributed by atoms with Crippen LogP contribution < -0.4 is 5.56 Å². The summed E-state index contributed by atoms with van der Waals surface area (Å²) >= 11 is 0. The van der Waals surface area contributed by atoms with Crippen molar-refractivity contribution in [3.8, 4) is 22.4 Å². The SMILES string of the molecule is CS(=O)(=O)C1CCN(Cc2ccc(-c3cc4c(ncc5[nH]c(=O)c(-c6ccccc6)cc54)[nH]3)cc2)CC1. The fraction of sp³-hybridized carbons (Fsp3) is 0.241. The highest BCUT2D eigenvalue weighted by atomic mass is 32.2. The zero-order chi connectivity index (χ0) is 25.6. The van der Waals surface area contributed by atoms with Gasteiger partial charge in [-0.05, 0) is 54.8 Å². The fourth-order valence-electron chi connectivity index (χ4n) is 5.28. The molecule has 0 atom stereocenters. The Labute approximate surface area is 215 Å². The molecule has 1 saturated heterocycles. The molecule has 37 heavy (non-hydrogen) atoms. The Balaban J connectivity index is 1.26. The molecule has 6 rings (SSSR count). The number of fused-ring (bicyclic) bond motifs is 3. The molecule has 188 valence electrons. The second-order valence-corrected chi connectivity index (χ2v) is 12.2. The number of rotatable bonds is 5. The minimum atomic E-state index is -2.95. The smallest absolute Gasteiger partial charge is 0.256 e. The van der Waals surface area contributed by atoms with Crippen LogP contribution in [0.25, 0.3) is 44.3 Å². The molecule has 2 aromatic carbocycles. The van der Waals surface area contributed by atoms with E-state index in [0.29, 0.717) is 23.9 Å². The standard InChI is InChI=1S/C29H28N4O3S/c1-37(35,36)22-11-13-33(14-12-22)18-19-7-9-21(10-8-19)26-16-25-24-15-23(20-5-3-2-4-6-20)29(34)32-27(24)17-30-28(25)31-26/h2-10,15-17,22H,11-14,18H2,1H3,(H,30,31)(H,32,34). The van der Waals surface area contributed by atoms with Gasteiger partial charge in [0.2, 0.25) is 0 Å². The number of pyridine rings is 2. The number of piperidine rings is 1. The number of nitrogens with one attached hydrogen (secondary N) is 2. The minimum Gasteiger partial charge on any atom is -0.339 e. The topological polar surface area (TPSA) is 98.9 Å². The molecule has 0 bridgehead atoms. The first-order chi connectivity index (χ1) is 17.8. The second kappa shape index (κ2) is 9.28. The third-order valence-corrected chi connectivity index (χ3v) is 9.06. The average molecular weight is 513 g/mol. The van der Waals surface area contributed by atoms with Gasteiger partial charge in [0.15, 0.2) is 0 Å². The van der Waals surface area contributed by atoms with Crippen LogP contribution in [-0.4, -0.2) is 52.9 Å². The van der Waals surface area contributed by atoms with E-state index in [1.165, 1.54) is 11.8 Å². The third kappa shape index (κ3) is 4.70. The Morgan fingerprint density at radius 3 is 2.35 bits per heavy atom. The first-order valence-electron chi connectivity index (χ1n) is 12.5. The van der Waals surface area contributed by atoms with Crippen molar-refractivity contribution in [1.82, 2.24) is 19.9 Å². The van der Waals surface area contributed by atoms with Crippen LogP contribution in [0, 0.1) is 0 Å². The van der Waals surface area contributed by atoms with Gasteiger partial charge < -0.3 is 9.97 Å². The summed E-state index contributed by atoms with van der Waals surface area (Å²) in [7, 11) is -2.95. The molecule has 0 aliphatic carbocycles. The summed E-state index contributed by atoms with van der Waals surface area (Å²) in [5.41, 5.74) is 6.07. The highest BCUT2D eigenvalue weighted by molar-refractivity contribution is 7.91. The molecule has 8 heteroatoms. The number of benzene rings is 2. The summed E-state index contributed by atoms with van der Waals surface area (Å²) in [6.45, 7) is 2.41. The zero-order valence-electron chi connectivity index (χ0n) is 20.6. The van der Waals surface area contributed by atoms with Gasteiger partial charge in [0, 0.05) is 34.8 Å². The first-order valence-corrected chi connectivity index (χ1v) is 14.4. The Morgan fingerprint density at radius 2 is 1.65 bits per heavy atom. The van der Waals surface area contributed by atoms with E-state index in [1.807, 2.05) is 36.4 Å². The third-order valence-electron chi connectivity index (χ3n) is 7.38. The number of aromatic nitrogens is 3. The summed E-state index contributed by atoms with van der Waals surface area (Å²) in [4.78, 5) is 26.0. The van der Waals surface area contributed by atoms with Crippen LogP contribution in [0.3, 0.4) is 0 Å². The first kappa shape index (κ1) is 23.6. The van der Waals surface area contributed by atoms with Crippen molar-refractivity contribution in [3.05, 3.63) is 88.8 Å². The summed E-state index contributed by atoms with van der Waals surface area (Å²) < 4.78 is 23.6. The summed E-state index contributed by atoms with van der Waals surface area (Å²) in [5, 5.41) is 1.69. The maximum atomic E-state index is 12.7. The van der Waals surface area contributed by atoms with Gasteiger partial charge in [-0.25, -0.2) is 13.4 Å². The van der Waals surface area contributed by atoms with Gasteiger partial charge >= 0.3 is 0 Å². The second-order valence-electron chi connectivity index (χ2n) is 9.91. The van der Waals surface area contributed by atoms with Gasteiger partial charge in [0.25, 0.3) is 5.56 Å². The lowest BCUT2D eigenvalue weighted by atomic mass is 10.0. The Bertz CT molecular complexity index is 1750. The lowest BCUT2D eigenvalue weighted by Gasteiger charge is -2.31. The van der Waals surface area contributed by atoms with Gasteiger partial charge in [0.1, 0.15) is 15.5 Å². The Morgan fingerprint density at radius 1 is 0.919 bits per heavy atom. The van der Waals surface area contributed by atoms with Gasteiger partial charge in [0.05, 0.1) is 17.0 Å². The van der Waals surface area contributed by atoms with Crippen molar-refractivity contribution in [3.63, 3.8) is 0 Å². The average Bonchev–Trinajstić information content (AvgIpc) is 3.34. The van der Waals surface area contributed by atoms with E-state index < -0.39 is 9.84 Å². The van der Waals surface area contributed by atoms with Crippen LogP contribution in [0.4, 0.5) is 0 Å². The van der Waals surface area contributed by atoms with Crippen LogP contribution in [0.2, 0.25) is 0 Å². The highest BCUT2D eigenvalue weighted by Crippen LogP contribution is 2.30. The summed E-state index contributed by atoms with van der Waals surface area (Å²) in [6.07, 6.45) is 4.44. The maximum absolute atomic E-state index is 12.7. The predicted octanol–water partition coefficient (Wildman–Crippen LogP) is 4.75. The van der Waals surface area contributed by atoms with Gasteiger partial charge in [-0.2, -0.15) is 0 Å². The van der Waals surface area contributed by atoms with Crippen molar-refractivity contribution < 1.29 is 8.42 Å². The number of hydrogen-bond donors (Lipinski definition) is 2. The molecule has 1 aliphatic heterocycles. The Hall–Kier alpha value is -3.75. The molecule has 0 saturated carbocycles. The molecule has 1 fully saturated rings. The zero-order valence-corrected chi connectivity index (χ0v) is 21.4. The molecular weight excluding hydrogens is 484 g/mol. The summed E-state index contributed by atoms with van der Waals surface area (Å²) in [6, 6.07) is 22.1. The van der Waals surface area contributed by atoms with E-state index in [1.54, 1.807) is 6.20 Å². The van der Waals surface area contributed by atoms with Crippen molar-refractivity contribution in [2.75, 3.05) is 19.3 Å². The molecule has 0 unspecified atom stereocenters. The number of hydrogen-bond acceptors (Lipinski definition) is 5. The molecule has 0 spiro atoms. The lowest BCUT2D eigenvalue weighted by molar-refractivity contribution is 0.222. The number of nitrogens with zero attached hydrogens (tertiary/aromatic N) is 2. The van der Waals surface area contributed by atoms with E-state index in [0.717, 1.165) is 52.9 Å². The normalized spacial score (nSPS) is 15.5. The predicted molar refractivity (Wildman–Crippen MR) is 148 cm³/mol. The van der Waals surface area contributed by atoms with Crippen LogP contribution in [0.5, 0.6) is 0 Å². The molecular formula is C29H28N4O3S. The Kier molecular flexibility index (Phi) is 5.93. The molecule has 0 amide bonds. The van der Waals surface area contributed by atoms with Crippen molar-refractivity contribution >= 4 is 31.8 Å². The quantitative estimate of drug-likeness (QED) is 0.354. The maximum Gasteiger partial charge on any atom is 0.256 e. The van der Waals surface area contributed by atoms with E-state index in [4.69, 9.17) is 0 Å². The summed E-state index contributed by atoms with van der Waals surface area (Å²) in [5.74, 6) is 0. The molecule has 7 nitrogen and oxygen atoms in total. The highest BCUT2D eigenvalue weighted by Gasteiger charge is 2.26. The number of sulfone groups is 1.